The predicted octanol–water partition coefficient (Wildman–Crippen LogP) is 5.81. The van der Waals surface area contributed by atoms with Gasteiger partial charge in [-0.3, -0.25) is 0 Å². The zero-order valence-electron chi connectivity index (χ0n) is 16.8. The van der Waals surface area contributed by atoms with Crippen LogP contribution < -0.4 is 4.90 Å². The fourth-order valence-electron chi connectivity index (χ4n) is 3.95. The molecule has 0 heterocycles. The summed E-state index contributed by atoms with van der Waals surface area (Å²) in [6.45, 7) is 15.7. The quantitative estimate of drug-likeness (QED) is 0.698. The van der Waals surface area contributed by atoms with E-state index in [1.807, 2.05) is 0 Å². The third-order valence-corrected chi connectivity index (χ3v) is 5.53. The van der Waals surface area contributed by atoms with E-state index >= 15 is 0 Å². The van der Waals surface area contributed by atoms with Crippen LogP contribution in [0.1, 0.15) is 65.2 Å². The molecule has 130 valence electrons. The lowest BCUT2D eigenvalue weighted by molar-refractivity contribution is 0.588. The third-order valence-electron chi connectivity index (χ3n) is 5.53. The molecular formula is C22H32N2. The van der Waals surface area contributed by atoms with Crippen LogP contribution in [0.4, 0.5) is 5.69 Å². The highest BCUT2D eigenvalue weighted by Gasteiger charge is 2.30. The molecule has 0 saturated carbocycles. The van der Waals surface area contributed by atoms with Gasteiger partial charge in [-0.25, -0.2) is 0 Å². The summed E-state index contributed by atoms with van der Waals surface area (Å²) in [6.07, 6.45) is 1.55. The van der Waals surface area contributed by atoms with Crippen molar-refractivity contribution in [3.05, 3.63) is 45.5 Å². The largest absolute Gasteiger partial charge is 0.377 e. The van der Waals surface area contributed by atoms with Crippen molar-refractivity contribution in [2.75, 3.05) is 19.0 Å². The van der Waals surface area contributed by atoms with Gasteiger partial charge >= 0.3 is 0 Å². The first kappa shape index (κ1) is 18.5. The fourth-order valence-corrected chi connectivity index (χ4v) is 3.95. The smallest absolute Gasteiger partial charge is 0.0405 e. The van der Waals surface area contributed by atoms with Crippen molar-refractivity contribution in [1.82, 2.24) is 0 Å². The van der Waals surface area contributed by atoms with E-state index in [1.54, 1.807) is 6.21 Å². The molecule has 0 bridgehead atoms. The minimum atomic E-state index is -0.0175. The van der Waals surface area contributed by atoms with E-state index in [4.69, 9.17) is 5.41 Å². The van der Waals surface area contributed by atoms with Crippen LogP contribution in [0.5, 0.6) is 0 Å². The molecule has 2 heteroatoms. The molecule has 1 N–H and O–H groups in total. The molecule has 24 heavy (non-hydrogen) atoms. The number of rotatable bonds is 3. The number of benzene rings is 1. The van der Waals surface area contributed by atoms with Crippen LogP contribution in [0, 0.1) is 11.3 Å². The van der Waals surface area contributed by atoms with Crippen molar-refractivity contribution >= 4 is 17.5 Å². The first-order valence-corrected chi connectivity index (χ1v) is 8.76. The molecule has 2 nitrogen and oxygen atoms in total. The van der Waals surface area contributed by atoms with E-state index in [-0.39, 0.29) is 5.41 Å². The van der Waals surface area contributed by atoms with E-state index in [1.165, 1.54) is 39.1 Å². The highest BCUT2D eigenvalue weighted by Crippen LogP contribution is 2.45. The topological polar surface area (TPSA) is 27.1 Å². The Morgan fingerprint density at radius 2 is 1.62 bits per heavy atom. The summed E-state index contributed by atoms with van der Waals surface area (Å²) in [4.78, 5) is 2.16. The zero-order valence-corrected chi connectivity index (χ0v) is 16.8. The lowest BCUT2D eigenvalue weighted by atomic mass is 9.78. The van der Waals surface area contributed by atoms with Gasteiger partial charge in [-0.1, -0.05) is 39.3 Å². The lowest BCUT2D eigenvalue weighted by Crippen LogP contribution is -2.22. The number of nitrogens with one attached hydrogen (secondary N) is 1. The summed E-state index contributed by atoms with van der Waals surface area (Å²) >= 11 is 0. The molecule has 1 aromatic rings. The Kier molecular flexibility index (Phi) is 4.81. The molecule has 1 aromatic carbocycles. The van der Waals surface area contributed by atoms with Crippen molar-refractivity contribution < 1.29 is 0 Å². The van der Waals surface area contributed by atoms with Crippen LogP contribution in [0.3, 0.4) is 0 Å². The van der Waals surface area contributed by atoms with E-state index in [2.05, 4.69) is 79.6 Å². The van der Waals surface area contributed by atoms with Crippen LogP contribution in [0.15, 0.2) is 28.9 Å². The maximum Gasteiger partial charge on any atom is 0.0405 e. The normalized spacial score (nSPS) is 18.5. The van der Waals surface area contributed by atoms with Crippen molar-refractivity contribution in [3.63, 3.8) is 0 Å². The van der Waals surface area contributed by atoms with Crippen molar-refractivity contribution in [2.45, 2.75) is 53.9 Å². The SMILES string of the molecule is CC1=C(C)C(C)C(c2ccc(N(C)C)c(C(C)(C)C)c2C=N)=C1C. The van der Waals surface area contributed by atoms with Crippen molar-refractivity contribution in [1.29, 1.82) is 5.41 Å². The molecule has 0 radical (unpaired) electrons. The molecule has 0 amide bonds. The van der Waals surface area contributed by atoms with Gasteiger partial charge in [0, 0.05) is 37.5 Å². The van der Waals surface area contributed by atoms with Gasteiger partial charge in [-0.05, 0) is 60.1 Å². The van der Waals surface area contributed by atoms with Gasteiger partial charge in [0.25, 0.3) is 0 Å². The van der Waals surface area contributed by atoms with Gasteiger partial charge in [-0.15, -0.1) is 0 Å². The van der Waals surface area contributed by atoms with Crippen LogP contribution >= 0.6 is 0 Å². The van der Waals surface area contributed by atoms with Crippen LogP contribution in [-0.2, 0) is 5.41 Å². The first-order chi connectivity index (χ1) is 11.0. The number of anilines is 1. The van der Waals surface area contributed by atoms with Gasteiger partial charge in [0.1, 0.15) is 0 Å². The number of hydrogen-bond acceptors (Lipinski definition) is 2. The Balaban J connectivity index is 2.83. The van der Waals surface area contributed by atoms with E-state index < -0.39 is 0 Å². The maximum atomic E-state index is 8.16. The van der Waals surface area contributed by atoms with Crippen LogP contribution in [0.2, 0.25) is 0 Å². The Labute approximate surface area is 147 Å². The zero-order chi connectivity index (χ0) is 18.4. The Hall–Kier alpha value is -1.83. The first-order valence-electron chi connectivity index (χ1n) is 8.76. The monoisotopic (exact) mass is 324 g/mol. The van der Waals surface area contributed by atoms with Gasteiger partial charge in [0.2, 0.25) is 0 Å². The standard InChI is InChI=1S/C22H32N2/c1-13-14(2)16(4)20(15(13)3)17-10-11-19(24(8)9)21(18(17)12-23)22(5,6)7/h10-12,15,23H,1-9H3. The highest BCUT2D eigenvalue weighted by atomic mass is 15.1. The minimum absolute atomic E-state index is 0.0175. The number of nitrogens with zero attached hydrogens (tertiary/aromatic N) is 1. The molecular weight excluding hydrogens is 292 g/mol. The summed E-state index contributed by atoms with van der Waals surface area (Å²) in [5.41, 5.74) is 10.4. The minimum Gasteiger partial charge on any atom is -0.377 e. The average molecular weight is 325 g/mol. The van der Waals surface area contributed by atoms with Gasteiger partial charge in [-0.2, -0.15) is 0 Å². The van der Waals surface area contributed by atoms with Crippen LogP contribution in [0.25, 0.3) is 5.57 Å². The van der Waals surface area contributed by atoms with Crippen molar-refractivity contribution in [3.8, 4) is 0 Å². The molecule has 0 aliphatic heterocycles. The summed E-state index contributed by atoms with van der Waals surface area (Å²) in [7, 11) is 4.16. The van der Waals surface area contributed by atoms with Crippen LogP contribution in [-0.4, -0.2) is 20.3 Å². The molecule has 1 atom stereocenters. The van der Waals surface area contributed by atoms with E-state index in [9.17, 15) is 0 Å². The molecule has 2 rings (SSSR count). The van der Waals surface area contributed by atoms with Crippen molar-refractivity contribution in [2.24, 2.45) is 5.92 Å². The molecule has 0 fully saturated rings. The van der Waals surface area contributed by atoms with Gasteiger partial charge in [0.05, 0.1) is 0 Å². The molecule has 1 aliphatic rings. The molecule has 0 aromatic heterocycles. The fraction of sp³-hybridized carbons (Fsp3) is 0.500. The summed E-state index contributed by atoms with van der Waals surface area (Å²) in [6, 6.07) is 4.44. The second kappa shape index (κ2) is 6.23. The molecule has 0 saturated heterocycles. The van der Waals surface area contributed by atoms with Gasteiger partial charge < -0.3 is 10.3 Å². The summed E-state index contributed by atoms with van der Waals surface area (Å²) in [5.74, 6) is 0.418. The maximum absolute atomic E-state index is 8.16. The number of allylic oxidation sites excluding steroid dienone is 4. The molecule has 1 aliphatic carbocycles. The Morgan fingerprint density at radius 3 is 2.00 bits per heavy atom. The molecule has 1 unspecified atom stereocenters. The third kappa shape index (κ3) is 2.83. The average Bonchev–Trinajstić information content (AvgIpc) is 2.68. The summed E-state index contributed by atoms with van der Waals surface area (Å²) in [5, 5.41) is 8.16. The Bertz CT molecular complexity index is 740. The molecule has 0 spiro atoms. The summed E-state index contributed by atoms with van der Waals surface area (Å²) < 4.78 is 0. The Morgan fingerprint density at radius 1 is 1.04 bits per heavy atom. The predicted molar refractivity (Wildman–Crippen MR) is 107 cm³/mol. The second-order valence-electron chi connectivity index (χ2n) is 8.28. The second-order valence-corrected chi connectivity index (χ2v) is 8.28. The van der Waals surface area contributed by atoms with E-state index in [0.29, 0.717) is 5.92 Å². The van der Waals surface area contributed by atoms with Gasteiger partial charge in [0.15, 0.2) is 0 Å². The van der Waals surface area contributed by atoms with E-state index in [0.717, 1.165) is 5.56 Å². The highest BCUT2D eigenvalue weighted by molar-refractivity contribution is 5.94. The number of hydrogen-bond donors (Lipinski definition) is 1. The lowest BCUT2D eigenvalue weighted by Gasteiger charge is -2.31.